The summed E-state index contributed by atoms with van der Waals surface area (Å²) in [6.07, 6.45) is 2.21. The molecule has 0 fully saturated rings. The number of aryl methyl sites for hydroxylation is 1. The van der Waals surface area contributed by atoms with Gasteiger partial charge in [-0.15, -0.1) is 0 Å². The van der Waals surface area contributed by atoms with Crippen molar-refractivity contribution in [3.63, 3.8) is 0 Å². The summed E-state index contributed by atoms with van der Waals surface area (Å²) in [7, 11) is 1.63. The van der Waals surface area contributed by atoms with Crippen LogP contribution in [0.25, 0.3) is 22.3 Å². The minimum Gasteiger partial charge on any atom is -0.497 e. The molecular formula is C31H36F3N5O5. The molecule has 4 rings (SSSR count). The average molecular weight is 616 g/mol. The summed E-state index contributed by atoms with van der Waals surface area (Å²) in [6.45, 7) is 1.90. The minimum atomic E-state index is -5.08. The van der Waals surface area contributed by atoms with E-state index in [0.29, 0.717) is 31.5 Å². The first kappa shape index (κ1) is 33.8. The van der Waals surface area contributed by atoms with Crippen molar-refractivity contribution >= 4 is 28.7 Å². The summed E-state index contributed by atoms with van der Waals surface area (Å²) in [5.41, 5.74) is 3.70. The van der Waals surface area contributed by atoms with E-state index in [1.807, 2.05) is 61.7 Å². The van der Waals surface area contributed by atoms with Crippen molar-refractivity contribution in [2.75, 3.05) is 7.11 Å². The molecule has 236 valence electrons. The van der Waals surface area contributed by atoms with Gasteiger partial charge in [-0.1, -0.05) is 50.1 Å². The molecule has 4 aromatic rings. The van der Waals surface area contributed by atoms with E-state index in [2.05, 4.69) is 25.3 Å². The number of aromatic nitrogens is 4. The Morgan fingerprint density at radius 1 is 1.02 bits per heavy atom. The van der Waals surface area contributed by atoms with Crippen LogP contribution in [-0.2, 0) is 20.8 Å². The smallest absolute Gasteiger partial charge is 0.490 e. The van der Waals surface area contributed by atoms with Crippen molar-refractivity contribution in [2.24, 2.45) is 0 Å². The summed E-state index contributed by atoms with van der Waals surface area (Å²) < 4.78 is 37.0. The lowest BCUT2D eigenvalue weighted by atomic mass is 10.0. The van der Waals surface area contributed by atoms with Crippen LogP contribution in [0.4, 0.5) is 13.2 Å². The Labute approximate surface area is 252 Å². The number of aliphatic carboxylic acids is 1. The van der Waals surface area contributed by atoms with Gasteiger partial charge in [0.2, 0.25) is 5.91 Å². The van der Waals surface area contributed by atoms with Gasteiger partial charge in [-0.2, -0.15) is 13.2 Å². The van der Waals surface area contributed by atoms with Crippen molar-refractivity contribution in [1.29, 1.82) is 0 Å². The SMILES string of the molecule is CCC(=O)CCCCC[C@H](NC(=O)CCc1nc2ccc(OC)cc2[nH]1)c1ncc(-c2ccccc2)[nH]1.O=C(O)C(F)(F)F. The molecule has 2 aromatic carbocycles. The number of Topliss-reactive ketones (excluding diaryl/α,β-unsaturated/α-hetero) is 1. The number of carboxylic acid groups (broad SMARTS) is 1. The number of fused-ring (bicyclic) bond motifs is 1. The van der Waals surface area contributed by atoms with Gasteiger partial charge in [-0.05, 0) is 30.5 Å². The fraction of sp³-hybridized carbons (Fsp3) is 0.387. The molecule has 0 saturated heterocycles. The van der Waals surface area contributed by atoms with Crippen LogP contribution in [0, 0.1) is 0 Å². The zero-order chi connectivity index (χ0) is 32.1. The molecule has 44 heavy (non-hydrogen) atoms. The lowest BCUT2D eigenvalue weighted by Crippen LogP contribution is -2.29. The van der Waals surface area contributed by atoms with Crippen molar-refractivity contribution in [2.45, 2.75) is 70.5 Å². The highest BCUT2D eigenvalue weighted by Crippen LogP contribution is 2.23. The number of rotatable bonds is 14. The number of nitrogens with one attached hydrogen (secondary N) is 3. The van der Waals surface area contributed by atoms with Gasteiger partial charge in [0.1, 0.15) is 23.2 Å². The van der Waals surface area contributed by atoms with Crippen molar-refractivity contribution < 1.29 is 37.4 Å². The van der Waals surface area contributed by atoms with Crippen LogP contribution in [0.5, 0.6) is 5.75 Å². The van der Waals surface area contributed by atoms with Gasteiger partial charge in [0.15, 0.2) is 0 Å². The third kappa shape index (κ3) is 10.5. The molecule has 0 aliphatic carbocycles. The molecule has 10 nitrogen and oxygen atoms in total. The summed E-state index contributed by atoms with van der Waals surface area (Å²) in [6, 6.07) is 15.4. The maximum Gasteiger partial charge on any atom is 0.490 e. The normalized spacial score (nSPS) is 11.8. The van der Waals surface area contributed by atoms with E-state index >= 15 is 0 Å². The van der Waals surface area contributed by atoms with E-state index in [1.54, 1.807) is 7.11 Å². The van der Waals surface area contributed by atoms with Crippen LogP contribution in [0.1, 0.15) is 69.6 Å². The Morgan fingerprint density at radius 3 is 2.41 bits per heavy atom. The molecule has 4 N–H and O–H groups in total. The largest absolute Gasteiger partial charge is 0.497 e. The topological polar surface area (TPSA) is 150 Å². The van der Waals surface area contributed by atoms with Crippen LogP contribution in [-0.4, -0.2) is 56.0 Å². The van der Waals surface area contributed by atoms with Gasteiger partial charge in [-0.3, -0.25) is 9.59 Å². The van der Waals surface area contributed by atoms with Gasteiger partial charge < -0.3 is 25.1 Å². The van der Waals surface area contributed by atoms with Crippen molar-refractivity contribution in [1.82, 2.24) is 25.3 Å². The molecule has 0 bridgehead atoms. The number of H-pyrrole nitrogens is 2. The highest BCUT2D eigenvalue weighted by molar-refractivity contribution is 5.79. The predicted octanol–water partition coefficient (Wildman–Crippen LogP) is 6.31. The zero-order valence-electron chi connectivity index (χ0n) is 24.5. The molecule has 2 aromatic heterocycles. The number of benzene rings is 2. The number of carbonyl (C=O) groups is 3. The number of halogens is 3. The zero-order valence-corrected chi connectivity index (χ0v) is 24.5. The van der Waals surface area contributed by atoms with E-state index in [0.717, 1.165) is 65.4 Å². The summed E-state index contributed by atoms with van der Waals surface area (Å²) in [4.78, 5) is 49.3. The first-order chi connectivity index (χ1) is 21.0. The summed E-state index contributed by atoms with van der Waals surface area (Å²) in [5.74, 6) is -0.245. The lowest BCUT2D eigenvalue weighted by Gasteiger charge is -2.17. The number of carboxylic acids is 1. The third-order valence-electron chi connectivity index (χ3n) is 6.76. The second-order valence-corrected chi connectivity index (χ2v) is 10.0. The van der Waals surface area contributed by atoms with Crippen LogP contribution in [0.3, 0.4) is 0 Å². The second-order valence-electron chi connectivity index (χ2n) is 10.0. The van der Waals surface area contributed by atoms with Gasteiger partial charge in [0, 0.05) is 31.7 Å². The first-order valence-electron chi connectivity index (χ1n) is 14.2. The van der Waals surface area contributed by atoms with E-state index in [1.165, 1.54) is 0 Å². The first-order valence-corrected chi connectivity index (χ1v) is 14.2. The van der Waals surface area contributed by atoms with Gasteiger partial charge in [0.25, 0.3) is 0 Å². The highest BCUT2D eigenvalue weighted by atomic mass is 19.4. The molecule has 2 heterocycles. The number of hydrogen-bond acceptors (Lipinski definition) is 6. The summed E-state index contributed by atoms with van der Waals surface area (Å²) in [5, 5.41) is 10.3. The van der Waals surface area contributed by atoms with Crippen LogP contribution >= 0.6 is 0 Å². The Kier molecular flexibility index (Phi) is 12.5. The van der Waals surface area contributed by atoms with Crippen LogP contribution in [0.15, 0.2) is 54.7 Å². The van der Waals surface area contributed by atoms with Crippen molar-refractivity contribution in [3.05, 3.63) is 66.4 Å². The lowest BCUT2D eigenvalue weighted by molar-refractivity contribution is -0.192. The highest BCUT2D eigenvalue weighted by Gasteiger charge is 2.38. The molecule has 1 amide bonds. The number of unbranched alkanes of at least 4 members (excludes halogenated alkanes) is 2. The number of aromatic amines is 2. The standard InChI is InChI=1S/C29H35N5O3.C2HF3O2/c1-3-21(35)12-8-5-9-13-24(29-30-19-26(34-29)20-10-6-4-7-11-20)33-28(36)17-16-27-31-23-15-14-22(37-2)18-25(23)32-27;3-2(4,5)1(6)7/h4,6-7,10-11,14-15,18-19,24H,3,5,8-9,12-13,16-17H2,1-2H3,(H,30,34)(H,31,32)(H,33,36);(H,6,7)/t24-;/m0./s1. The van der Waals surface area contributed by atoms with Crippen LogP contribution in [0.2, 0.25) is 0 Å². The van der Waals surface area contributed by atoms with E-state index < -0.39 is 12.1 Å². The maximum atomic E-state index is 13.0. The molecule has 1 atom stereocenters. The number of nitrogens with zero attached hydrogens (tertiary/aromatic N) is 2. The second kappa shape index (κ2) is 16.2. The Bertz CT molecular complexity index is 1520. The predicted molar refractivity (Wildman–Crippen MR) is 158 cm³/mol. The quantitative estimate of drug-likeness (QED) is 0.121. The number of hydrogen-bond donors (Lipinski definition) is 4. The van der Waals surface area contributed by atoms with Gasteiger partial charge >= 0.3 is 12.1 Å². The van der Waals surface area contributed by atoms with Crippen molar-refractivity contribution in [3.8, 4) is 17.0 Å². The average Bonchev–Trinajstić information content (AvgIpc) is 3.66. The molecule has 0 saturated carbocycles. The molecule has 0 unspecified atom stereocenters. The van der Waals surface area contributed by atoms with E-state index in [-0.39, 0.29) is 11.9 Å². The Morgan fingerprint density at radius 2 is 1.75 bits per heavy atom. The number of carbonyl (C=O) groups excluding carboxylic acids is 2. The fourth-order valence-electron chi connectivity index (χ4n) is 4.36. The number of methoxy groups -OCH3 is 1. The number of ether oxygens (including phenoxy) is 1. The maximum absolute atomic E-state index is 13.0. The fourth-order valence-corrected chi connectivity index (χ4v) is 4.36. The molecular weight excluding hydrogens is 579 g/mol. The minimum absolute atomic E-state index is 0.0538. The number of alkyl halides is 3. The molecule has 0 aliphatic heterocycles. The molecule has 0 spiro atoms. The Hall–Kier alpha value is -4.68. The molecule has 13 heteroatoms. The van der Waals surface area contributed by atoms with Crippen LogP contribution < -0.4 is 10.1 Å². The van der Waals surface area contributed by atoms with Gasteiger partial charge in [0.05, 0.1) is 36.1 Å². The third-order valence-corrected chi connectivity index (χ3v) is 6.76. The number of amides is 1. The van der Waals surface area contributed by atoms with E-state index in [4.69, 9.17) is 14.6 Å². The molecule has 0 radical (unpaired) electrons. The monoisotopic (exact) mass is 615 g/mol. The van der Waals surface area contributed by atoms with Gasteiger partial charge in [-0.25, -0.2) is 14.8 Å². The van der Waals surface area contributed by atoms with E-state index in [9.17, 15) is 22.8 Å². The Balaban J connectivity index is 0.000000676. The molecule has 0 aliphatic rings. The summed E-state index contributed by atoms with van der Waals surface area (Å²) >= 11 is 0. The number of imidazole rings is 2. The number of ketones is 1.